The zero-order valence-electron chi connectivity index (χ0n) is 9.10. The molecule has 0 radical (unpaired) electrons. The van der Waals surface area contributed by atoms with Crippen molar-refractivity contribution in [2.45, 2.75) is 26.7 Å². The van der Waals surface area contributed by atoms with Crippen LogP contribution in [0.5, 0.6) is 0 Å². The lowest BCUT2D eigenvalue weighted by Gasteiger charge is -2.07. The van der Waals surface area contributed by atoms with Crippen molar-refractivity contribution in [2.75, 3.05) is 19.6 Å². The molecule has 1 unspecified atom stereocenters. The van der Waals surface area contributed by atoms with Gasteiger partial charge in [-0.05, 0) is 39.3 Å². The summed E-state index contributed by atoms with van der Waals surface area (Å²) in [7, 11) is 0. The zero-order valence-corrected chi connectivity index (χ0v) is 9.10. The average Bonchev–Trinajstić information content (AvgIpc) is 2.56. The second-order valence-electron chi connectivity index (χ2n) is 4.15. The molecule has 3 heteroatoms. The summed E-state index contributed by atoms with van der Waals surface area (Å²) in [5.74, 6) is 0.720. The van der Waals surface area contributed by atoms with Crippen LogP contribution in [-0.4, -0.2) is 25.5 Å². The maximum Gasteiger partial charge on any atom is 0.220 e. The van der Waals surface area contributed by atoms with Gasteiger partial charge >= 0.3 is 0 Å². The fourth-order valence-corrected chi connectivity index (χ4v) is 1.59. The van der Waals surface area contributed by atoms with E-state index in [2.05, 4.69) is 10.6 Å². The minimum absolute atomic E-state index is 0.177. The van der Waals surface area contributed by atoms with Crippen LogP contribution < -0.4 is 10.6 Å². The first-order valence-electron chi connectivity index (χ1n) is 5.29. The lowest BCUT2D eigenvalue weighted by molar-refractivity contribution is -0.121. The summed E-state index contributed by atoms with van der Waals surface area (Å²) in [6.07, 6.45) is 3.84. The van der Waals surface area contributed by atoms with E-state index >= 15 is 0 Å². The lowest BCUT2D eigenvalue weighted by Crippen LogP contribution is -2.26. The normalized spacial score (nSPS) is 20.6. The standard InChI is InChI=1S/C11H20N2O/c1-9(2)3-6-13-11(14)7-10-4-5-12-8-10/h3,10,12H,4-8H2,1-2H3,(H,13,14). The van der Waals surface area contributed by atoms with Gasteiger partial charge in [-0.1, -0.05) is 11.6 Å². The van der Waals surface area contributed by atoms with Crippen LogP contribution in [0.15, 0.2) is 11.6 Å². The first kappa shape index (κ1) is 11.2. The number of rotatable bonds is 4. The molecule has 1 aliphatic rings. The molecule has 1 rings (SSSR count). The minimum atomic E-state index is 0.177. The van der Waals surface area contributed by atoms with Crippen molar-refractivity contribution in [3.8, 4) is 0 Å². The third kappa shape index (κ3) is 4.42. The molecular weight excluding hydrogens is 176 g/mol. The predicted octanol–water partition coefficient (Wildman–Crippen LogP) is 1.07. The molecule has 0 aromatic rings. The number of carbonyl (C=O) groups excluding carboxylic acids is 1. The summed E-state index contributed by atoms with van der Waals surface area (Å²) in [5.41, 5.74) is 1.24. The maximum absolute atomic E-state index is 11.4. The Balaban J connectivity index is 2.12. The van der Waals surface area contributed by atoms with Gasteiger partial charge in [0.2, 0.25) is 5.91 Å². The maximum atomic E-state index is 11.4. The van der Waals surface area contributed by atoms with Gasteiger partial charge in [0.05, 0.1) is 0 Å². The third-order valence-corrected chi connectivity index (χ3v) is 2.45. The number of nitrogens with one attached hydrogen (secondary N) is 2. The Kier molecular flexibility index (Phi) is 4.66. The molecule has 0 bridgehead atoms. The predicted molar refractivity (Wildman–Crippen MR) is 58.0 cm³/mol. The molecule has 0 aromatic carbocycles. The van der Waals surface area contributed by atoms with Crippen LogP contribution in [0.25, 0.3) is 0 Å². The van der Waals surface area contributed by atoms with Crippen LogP contribution in [0.2, 0.25) is 0 Å². The number of amides is 1. The second-order valence-corrected chi connectivity index (χ2v) is 4.15. The SMILES string of the molecule is CC(C)=CCNC(=O)CC1CCNC1. The Morgan fingerprint density at radius 3 is 2.93 bits per heavy atom. The van der Waals surface area contributed by atoms with Gasteiger partial charge in [0.1, 0.15) is 0 Å². The van der Waals surface area contributed by atoms with Crippen LogP contribution in [-0.2, 0) is 4.79 Å². The third-order valence-electron chi connectivity index (χ3n) is 2.45. The van der Waals surface area contributed by atoms with Gasteiger partial charge in [0, 0.05) is 13.0 Å². The number of carbonyl (C=O) groups is 1. The topological polar surface area (TPSA) is 41.1 Å². The van der Waals surface area contributed by atoms with E-state index in [9.17, 15) is 4.79 Å². The van der Waals surface area contributed by atoms with E-state index in [-0.39, 0.29) is 5.91 Å². The Bertz CT molecular complexity index is 213. The number of hydrogen-bond acceptors (Lipinski definition) is 2. The van der Waals surface area contributed by atoms with Crippen LogP contribution in [0.1, 0.15) is 26.7 Å². The fourth-order valence-electron chi connectivity index (χ4n) is 1.59. The highest BCUT2D eigenvalue weighted by Gasteiger charge is 2.17. The summed E-state index contributed by atoms with van der Waals surface area (Å²) in [5, 5.41) is 6.16. The summed E-state index contributed by atoms with van der Waals surface area (Å²) in [6, 6.07) is 0. The van der Waals surface area contributed by atoms with Gasteiger partial charge in [-0.15, -0.1) is 0 Å². The summed E-state index contributed by atoms with van der Waals surface area (Å²) < 4.78 is 0. The molecule has 80 valence electrons. The lowest BCUT2D eigenvalue weighted by atomic mass is 10.0. The first-order chi connectivity index (χ1) is 6.68. The molecule has 1 saturated heterocycles. The molecule has 0 aliphatic carbocycles. The molecular formula is C11H20N2O. The Morgan fingerprint density at radius 2 is 2.36 bits per heavy atom. The monoisotopic (exact) mass is 196 g/mol. The van der Waals surface area contributed by atoms with Gasteiger partial charge in [-0.25, -0.2) is 0 Å². The molecule has 1 atom stereocenters. The smallest absolute Gasteiger partial charge is 0.220 e. The van der Waals surface area contributed by atoms with Gasteiger partial charge in [-0.2, -0.15) is 0 Å². The van der Waals surface area contributed by atoms with E-state index in [1.807, 2.05) is 19.9 Å². The van der Waals surface area contributed by atoms with Gasteiger partial charge in [0.25, 0.3) is 0 Å². The minimum Gasteiger partial charge on any atom is -0.353 e. The van der Waals surface area contributed by atoms with Gasteiger partial charge < -0.3 is 10.6 Å². The molecule has 0 saturated carbocycles. The molecule has 1 amide bonds. The molecule has 0 spiro atoms. The van der Waals surface area contributed by atoms with E-state index in [1.165, 1.54) is 5.57 Å². The van der Waals surface area contributed by atoms with Crippen molar-refractivity contribution in [1.82, 2.24) is 10.6 Å². The Hall–Kier alpha value is -0.830. The molecule has 14 heavy (non-hydrogen) atoms. The molecule has 1 aliphatic heterocycles. The van der Waals surface area contributed by atoms with E-state index in [4.69, 9.17) is 0 Å². The van der Waals surface area contributed by atoms with Crippen molar-refractivity contribution < 1.29 is 4.79 Å². The summed E-state index contributed by atoms with van der Waals surface area (Å²) >= 11 is 0. The molecule has 1 heterocycles. The molecule has 3 nitrogen and oxygen atoms in total. The first-order valence-corrected chi connectivity index (χ1v) is 5.29. The second kappa shape index (κ2) is 5.81. The Morgan fingerprint density at radius 1 is 1.57 bits per heavy atom. The van der Waals surface area contributed by atoms with Crippen LogP contribution >= 0.6 is 0 Å². The van der Waals surface area contributed by atoms with Crippen molar-refractivity contribution >= 4 is 5.91 Å². The highest BCUT2D eigenvalue weighted by molar-refractivity contribution is 5.76. The van der Waals surface area contributed by atoms with Crippen molar-refractivity contribution in [3.63, 3.8) is 0 Å². The van der Waals surface area contributed by atoms with Crippen LogP contribution in [0, 0.1) is 5.92 Å². The molecule has 1 fully saturated rings. The van der Waals surface area contributed by atoms with Crippen molar-refractivity contribution in [3.05, 3.63) is 11.6 Å². The highest BCUT2D eigenvalue weighted by Crippen LogP contribution is 2.11. The quantitative estimate of drug-likeness (QED) is 0.660. The largest absolute Gasteiger partial charge is 0.353 e. The highest BCUT2D eigenvalue weighted by atomic mass is 16.1. The number of allylic oxidation sites excluding steroid dienone is 1. The van der Waals surface area contributed by atoms with E-state index < -0.39 is 0 Å². The number of hydrogen-bond donors (Lipinski definition) is 2. The zero-order chi connectivity index (χ0) is 10.4. The van der Waals surface area contributed by atoms with E-state index in [1.54, 1.807) is 0 Å². The summed E-state index contributed by atoms with van der Waals surface area (Å²) in [6.45, 7) is 6.80. The molecule has 2 N–H and O–H groups in total. The fraction of sp³-hybridized carbons (Fsp3) is 0.727. The van der Waals surface area contributed by atoms with Crippen molar-refractivity contribution in [1.29, 1.82) is 0 Å². The van der Waals surface area contributed by atoms with E-state index in [0.29, 0.717) is 18.9 Å². The van der Waals surface area contributed by atoms with E-state index in [0.717, 1.165) is 19.5 Å². The molecule has 0 aromatic heterocycles. The van der Waals surface area contributed by atoms with Crippen LogP contribution in [0.4, 0.5) is 0 Å². The summed E-state index contributed by atoms with van der Waals surface area (Å²) in [4.78, 5) is 11.4. The van der Waals surface area contributed by atoms with Gasteiger partial charge in [-0.3, -0.25) is 4.79 Å². The van der Waals surface area contributed by atoms with Crippen LogP contribution in [0.3, 0.4) is 0 Å². The van der Waals surface area contributed by atoms with Gasteiger partial charge in [0.15, 0.2) is 0 Å². The van der Waals surface area contributed by atoms with Crippen molar-refractivity contribution in [2.24, 2.45) is 5.92 Å². The Labute approximate surface area is 86.0 Å². The average molecular weight is 196 g/mol.